The van der Waals surface area contributed by atoms with Crippen molar-refractivity contribution in [3.8, 4) is 11.6 Å². The minimum Gasteiger partial charge on any atom is -0.487 e. The maximum absolute atomic E-state index is 15.9. The summed E-state index contributed by atoms with van der Waals surface area (Å²) in [5.74, 6) is 3.99. The van der Waals surface area contributed by atoms with Crippen molar-refractivity contribution in [2.45, 2.75) is 64.2 Å². The van der Waals surface area contributed by atoms with Crippen LogP contribution in [0, 0.1) is 5.82 Å². The maximum Gasteiger partial charge on any atom is 0.213 e. The summed E-state index contributed by atoms with van der Waals surface area (Å²) in [4.78, 5) is 29.7. The molecule has 0 radical (unpaired) electrons. The van der Waals surface area contributed by atoms with Crippen molar-refractivity contribution < 1.29 is 13.9 Å². The summed E-state index contributed by atoms with van der Waals surface area (Å²) >= 11 is 3.83. The van der Waals surface area contributed by atoms with Crippen LogP contribution in [0.5, 0.6) is 11.6 Å². The van der Waals surface area contributed by atoms with Gasteiger partial charge in [-0.1, -0.05) is 12.2 Å². The first-order chi connectivity index (χ1) is 23.4. The number of nitrogen functional groups attached to an aromatic ring is 1. The monoisotopic (exact) mass is 673 g/mol. The van der Waals surface area contributed by atoms with Crippen molar-refractivity contribution in [2.24, 2.45) is 0 Å². The van der Waals surface area contributed by atoms with Gasteiger partial charge in [-0.15, -0.1) is 0 Å². The van der Waals surface area contributed by atoms with E-state index < -0.39 is 0 Å². The van der Waals surface area contributed by atoms with Gasteiger partial charge in [-0.05, 0) is 74.7 Å². The van der Waals surface area contributed by atoms with Crippen LogP contribution in [0.2, 0.25) is 0 Å². The number of anilines is 3. The molecule has 2 N–H and O–H groups in total. The zero-order chi connectivity index (χ0) is 33.8. The third-order valence-electron chi connectivity index (χ3n) is 9.70. The van der Waals surface area contributed by atoms with Gasteiger partial charge in [0.25, 0.3) is 0 Å². The van der Waals surface area contributed by atoms with Gasteiger partial charge in [-0.3, -0.25) is 9.69 Å². The minimum absolute atomic E-state index is 0.00452. The van der Waals surface area contributed by atoms with Crippen LogP contribution in [-0.4, -0.2) is 71.2 Å². The van der Waals surface area contributed by atoms with Crippen LogP contribution in [0.3, 0.4) is 0 Å². The second-order valence-electron chi connectivity index (χ2n) is 12.8. The van der Waals surface area contributed by atoms with Gasteiger partial charge in [0.15, 0.2) is 17.0 Å². The molecule has 4 aromatic rings. The van der Waals surface area contributed by atoms with Crippen LogP contribution in [0.25, 0.3) is 10.9 Å². The number of nitrogens with zero attached hydrogens (tertiary/aromatic N) is 6. The normalized spacial score (nSPS) is 19.1. The van der Waals surface area contributed by atoms with Crippen molar-refractivity contribution in [3.63, 3.8) is 0 Å². The molecule has 10 nitrogen and oxygen atoms in total. The second-order valence-corrected chi connectivity index (χ2v) is 12.8. The van der Waals surface area contributed by atoms with Gasteiger partial charge in [0.1, 0.15) is 18.1 Å². The van der Waals surface area contributed by atoms with Crippen LogP contribution in [0.1, 0.15) is 56.2 Å². The van der Waals surface area contributed by atoms with E-state index in [9.17, 15) is 4.79 Å². The van der Waals surface area contributed by atoms with E-state index in [1.54, 1.807) is 13.3 Å². The number of nitrogens with two attached hydrogens (primary N) is 1. The zero-order valence-electron chi connectivity index (χ0n) is 27.7. The van der Waals surface area contributed by atoms with Crippen molar-refractivity contribution in [1.29, 1.82) is 0 Å². The molecule has 3 aliphatic rings. The van der Waals surface area contributed by atoms with E-state index in [0.29, 0.717) is 59.3 Å². The van der Waals surface area contributed by atoms with E-state index in [1.807, 2.05) is 36.7 Å². The number of hydrogen-bond acceptors (Lipinski definition) is 10. The van der Waals surface area contributed by atoms with Gasteiger partial charge in [-0.25, -0.2) is 14.4 Å². The molecule has 2 unspecified atom stereocenters. The Bertz CT molecular complexity index is 1800. The number of hydrogen-bond donors (Lipinski definition) is 1. The highest BCUT2D eigenvalue weighted by Gasteiger charge is 2.31. The largest absolute Gasteiger partial charge is 0.487 e. The molecule has 0 bridgehead atoms. The Morgan fingerprint density at radius 3 is 2.62 bits per heavy atom. The predicted molar refractivity (Wildman–Crippen MR) is 193 cm³/mol. The van der Waals surface area contributed by atoms with E-state index in [0.717, 1.165) is 69.5 Å². The van der Waals surface area contributed by atoms with Gasteiger partial charge >= 0.3 is 0 Å². The van der Waals surface area contributed by atoms with Crippen LogP contribution in [-0.2, 0) is 13.1 Å². The van der Waals surface area contributed by atoms with Gasteiger partial charge in [-0.2, -0.15) is 0 Å². The molecule has 0 amide bonds. The number of methoxy groups -OCH3 is 1. The average molecular weight is 674 g/mol. The third-order valence-corrected chi connectivity index (χ3v) is 9.70. The molecule has 0 spiro atoms. The first kappa shape index (κ1) is 33.6. The van der Waals surface area contributed by atoms with Crippen molar-refractivity contribution in [1.82, 2.24) is 19.4 Å². The molecule has 0 aliphatic carbocycles. The van der Waals surface area contributed by atoms with Crippen LogP contribution < -0.4 is 30.4 Å². The molecule has 48 heavy (non-hydrogen) atoms. The fourth-order valence-corrected chi connectivity index (χ4v) is 7.29. The number of pyridine rings is 3. The molecular weight excluding hydrogens is 630 g/mol. The van der Waals surface area contributed by atoms with Gasteiger partial charge in [0.05, 0.1) is 35.9 Å². The van der Waals surface area contributed by atoms with Gasteiger partial charge in [0.2, 0.25) is 5.88 Å². The molecule has 3 aromatic heterocycles. The fourth-order valence-electron chi connectivity index (χ4n) is 7.29. The smallest absolute Gasteiger partial charge is 0.213 e. The average Bonchev–Trinajstić information content (AvgIpc) is 3.12. The summed E-state index contributed by atoms with van der Waals surface area (Å²) in [5.41, 5.74) is 9.62. The van der Waals surface area contributed by atoms with Crippen LogP contribution in [0.4, 0.5) is 21.6 Å². The van der Waals surface area contributed by atoms with Gasteiger partial charge in [0, 0.05) is 69.3 Å². The lowest BCUT2D eigenvalue weighted by atomic mass is 10.0. The first-order valence-electron chi connectivity index (χ1n) is 16.7. The molecule has 254 valence electrons. The number of ether oxygens (including phenoxy) is 2. The molecule has 2 atom stereocenters. The Labute approximate surface area is 286 Å². The summed E-state index contributed by atoms with van der Waals surface area (Å²) in [6.07, 6.45) is 10.7. The predicted octanol–water partition coefficient (Wildman–Crippen LogP) is 5.75. The van der Waals surface area contributed by atoms with E-state index in [1.165, 1.54) is 6.07 Å². The highest BCUT2D eigenvalue weighted by molar-refractivity contribution is 7.77. The molecule has 0 saturated carbocycles. The lowest BCUT2D eigenvalue weighted by molar-refractivity contribution is 0.157. The molecule has 12 heteroatoms. The Balaban J connectivity index is 0.00000197. The second kappa shape index (κ2) is 14.9. The molecule has 6 heterocycles. The van der Waals surface area contributed by atoms with E-state index in [4.69, 9.17) is 15.2 Å². The number of thiocarbonyl (C=S) groups is 1. The van der Waals surface area contributed by atoms with E-state index in [-0.39, 0.29) is 23.3 Å². The molecule has 2 fully saturated rings. The van der Waals surface area contributed by atoms with E-state index in [2.05, 4.69) is 54.2 Å². The van der Waals surface area contributed by atoms with Crippen LogP contribution >= 0.6 is 12.2 Å². The van der Waals surface area contributed by atoms with E-state index >= 15 is 4.39 Å². The highest BCUT2D eigenvalue weighted by Crippen LogP contribution is 2.42. The topological polar surface area (TPSA) is 102 Å². The van der Waals surface area contributed by atoms with Crippen molar-refractivity contribution in [2.75, 3.05) is 55.4 Å². The Morgan fingerprint density at radius 1 is 1.08 bits per heavy atom. The van der Waals surface area contributed by atoms with Crippen molar-refractivity contribution in [3.05, 3.63) is 76.1 Å². The SMILES string of the molecule is C=S.COc1cc(CN(Cc2cn3c4c(c(N5CCCCC5)c(F)cc4c2=O)OCC3C)C2CCCN(c3ccc(N)nc3)C2)ccn1. The van der Waals surface area contributed by atoms with Crippen molar-refractivity contribution >= 4 is 46.2 Å². The lowest BCUT2D eigenvalue weighted by Crippen LogP contribution is -2.48. The number of aromatic nitrogens is 3. The number of benzene rings is 1. The summed E-state index contributed by atoms with van der Waals surface area (Å²) in [6, 6.07) is 9.36. The highest BCUT2D eigenvalue weighted by atomic mass is 32.1. The Morgan fingerprint density at radius 2 is 1.88 bits per heavy atom. The maximum atomic E-state index is 15.9. The summed E-state index contributed by atoms with van der Waals surface area (Å²) in [5, 5.41) is 0.376. The van der Waals surface area contributed by atoms with Gasteiger partial charge < -0.3 is 29.6 Å². The lowest BCUT2D eigenvalue weighted by Gasteiger charge is -2.40. The zero-order valence-corrected chi connectivity index (χ0v) is 28.6. The summed E-state index contributed by atoms with van der Waals surface area (Å²) < 4.78 is 29.7. The summed E-state index contributed by atoms with van der Waals surface area (Å²) in [7, 11) is 1.61. The number of rotatable bonds is 8. The Hall–Kier alpha value is -4.29. The summed E-state index contributed by atoms with van der Waals surface area (Å²) in [6.45, 7) is 6.78. The molecule has 7 rings (SSSR count). The molecule has 1 aromatic carbocycles. The number of halogens is 1. The number of piperidine rings is 2. The minimum atomic E-state index is -0.388. The molecule has 2 saturated heterocycles. The fraction of sp³-hybridized carbons (Fsp3) is 0.444. The third kappa shape index (κ3) is 6.82. The quantitative estimate of drug-likeness (QED) is 0.233. The molecule has 3 aliphatic heterocycles. The standard InChI is InChI=1S/C35H42FN7O3.CH2S/c1-23-22-46-35-32-28(16-29(36)33(35)40-12-4-3-5-13-40)34(44)25(20-43(23)32)19-42(18-24-10-11-38-31(15-24)45-2)27-7-6-14-41(21-27)26-8-9-30(37)39-17-26;1-2/h8-11,15-17,20,23,27H,3-7,12-14,18-19,21-22H2,1-2H3,(H2,37,39);1H2. The first-order valence-corrected chi connectivity index (χ1v) is 17.2. The molecular formula is C36H44FN7O3S. The van der Waals surface area contributed by atoms with Crippen LogP contribution in [0.15, 0.2) is 53.7 Å². The Kier molecular flexibility index (Phi) is 10.4.